The summed E-state index contributed by atoms with van der Waals surface area (Å²) in [6, 6.07) is 7.32. The van der Waals surface area contributed by atoms with Crippen LogP contribution in [0.25, 0.3) is 0 Å². The Kier molecular flexibility index (Phi) is 6.44. The van der Waals surface area contributed by atoms with Crippen LogP contribution in [0.2, 0.25) is 0 Å². The maximum absolute atomic E-state index is 13.0. The lowest BCUT2D eigenvalue weighted by molar-refractivity contribution is -0.415. The third-order valence-corrected chi connectivity index (χ3v) is 5.55. The normalized spacial score (nSPS) is 15.3. The molecule has 3 heterocycles. The smallest absolute Gasteiger partial charge is 0.436 e. The third kappa shape index (κ3) is 4.59. The average molecular weight is 445 g/mol. The number of hydrogen-bond acceptors (Lipinski definition) is 5. The van der Waals surface area contributed by atoms with Gasteiger partial charge in [-0.2, -0.15) is 4.58 Å². The van der Waals surface area contributed by atoms with Crippen LogP contribution in [0.3, 0.4) is 0 Å². The summed E-state index contributed by atoms with van der Waals surface area (Å²) < 4.78 is 7.32. The van der Waals surface area contributed by atoms with Crippen LogP contribution in [-0.2, 0) is 6.54 Å². The molecule has 0 aliphatic carbocycles. The van der Waals surface area contributed by atoms with E-state index < -0.39 is 0 Å². The monoisotopic (exact) mass is 444 g/mol. The summed E-state index contributed by atoms with van der Waals surface area (Å²) in [5.41, 5.74) is 4.45. The number of aromatic amines is 1. The van der Waals surface area contributed by atoms with Gasteiger partial charge in [0.1, 0.15) is 12.1 Å². The van der Waals surface area contributed by atoms with Crippen molar-refractivity contribution in [1.29, 1.82) is 0 Å². The van der Waals surface area contributed by atoms with Gasteiger partial charge in [0, 0.05) is 46.9 Å². The van der Waals surface area contributed by atoms with Crippen molar-refractivity contribution in [2.24, 2.45) is 0 Å². The number of aryl methyl sites for hydroxylation is 1. The molecule has 2 N–H and O–H groups in total. The van der Waals surface area contributed by atoms with E-state index in [2.05, 4.69) is 20.3 Å². The summed E-state index contributed by atoms with van der Waals surface area (Å²) in [4.78, 5) is 37.0. The van der Waals surface area contributed by atoms with E-state index in [9.17, 15) is 9.59 Å². The zero-order chi connectivity index (χ0) is 23.4. The number of fused-ring (bicyclic) bond motifs is 1. The molecular formula is C25H26N5O3+. The maximum atomic E-state index is 13.0. The van der Waals surface area contributed by atoms with Gasteiger partial charge in [-0.05, 0) is 44.2 Å². The molecule has 2 amide bonds. The Hall–Kier alpha value is -4.07. The van der Waals surface area contributed by atoms with E-state index in [4.69, 9.17) is 4.74 Å². The minimum atomic E-state index is -0.252. The number of methoxy groups -OCH3 is 1. The van der Waals surface area contributed by atoms with Gasteiger partial charge >= 0.3 is 5.91 Å². The first kappa shape index (κ1) is 22.1. The van der Waals surface area contributed by atoms with Gasteiger partial charge in [-0.3, -0.25) is 4.79 Å². The first-order valence-corrected chi connectivity index (χ1v) is 10.7. The first-order valence-electron chi connectivity index (χ1n) is 10.7. The van der Waals surface area contributed by atoms with E-state index in [1.165, 1.54) is 6.33 Å². The lowest BCUT2D eigenvalue weighted by atomic mass is 9.88. The Balaban J connectivity index is 1.71. The molecule has 33 heavy (non-hydrogen) atoms. The zero-order valence-corrected chi connectivity index (χ0v) is 18.8. The molecule has 168 valence electrons. The molecule has 4 rings (SSSR count). The van der Waals surface area contributed by atoms with E-state index in [1.54, 1.807) is 36.2 Å². The maximum Gasteiger partial charge on any atom is 0.436 e. The van der Waals surface area contributed by atoms with Crippen LogP contribution in [0.5, 0.6) is 5.75 Å². The van der Waals surface area contributed by atoms with Gasteiger partial charge in [0.25, 0.3) is 5.91 Å². The van der Waals surface area contributed by atoms with Crippen molar-refractivity contribution >= 4 is 18.0 Å². The molecule has 3 aromatic rings. The fourth-order valence-corrected chi connectivity index (χ4v) is 3.94. The van der Waals surface area contributed by atoms with E-state index in [-0.39, 0.29) is 17.7 Å². The van der Waals surface area contributed by atoms with Crippen molar-refractivity contribution in [2.75, 3.05) is 13.7 Å². The fraction of sp³-hybridized carbons (Fsp3) is 0.240. The van der Waals surface area contributed by atoms with Crippen LogP contribution >= 0.6 is 0 Å². The average Bonchev–Trinajstić information content (AvgIpc) is 3.24. The number of nitrogens with one attached hydrogen (secondary N) is 2. The largest absolute Gasteiger partial charge is 0.496 e. The number of benzene rings is 1. The topological polar surface area (TPSA) is 100.0 Å². The van der Waals surface area contributed by atoms with Crippen molar-refractivity contribution in [2.45, 2.75) is 26.3 Å². The predicted octanol–water partition coefficient (Wildman–Crippen LogP) is 3.00. The molecule has 2 aromatic heterocycles. The molecule has 1 aromatic carbocycles. The molecule has 0 radical (unpaired) electrons. The second-order valence-electron chi connectivity index (χ2n) is 7.82. The lowest BCUT2D eigenvalue weighted by Gasteiger charge is -2.19. The highest BCUT2D eigenvalue weighted by Gasteiger charge is 2.37. The van der Waals surface area contributed by atoms with Crippen molar-refractivity contribution in [1.82, 2.24) is 20.3 Å². The van der Waals surface area contributed by atoms with Crippen LogP contribution in [-0.4, -0.2) is 51.2 Å². The number of H-pyrrole nitrogens is 1. The zero-order valence-electron chi connectivity index (χ0n) is 18.8. The van der Waals surface area contributed by atoms with Crippen LogP contribution in [0.4, 0.5) is 0 Å². The number of aromatic nitrogens is 3. The van der Waals surface area contributed by atoms with Crippen molar-refractivity contribution < 1.29 is 18.9 Å². The highest BCUT2D eigenvalue weighted by Crippen LogP contribution is 2.36. The number of allylic oxidation sites excluding steroid dienone is 1. The molecule has 0 fully saturated rings. The van der Waals surface area contributed by atoms with Gasteiger partial charge in [0.2, 0.25) is 0 Å². The van der Waals surface area contributed by atoms with Crippen LogP contribution in [0, 0.1) is 6.92 Å². The van der Waals surface area contributed by atoms with Crippen LogP contribution in [0.1, 0.15) is 56.1 Å². The second-order valence-corrected chi connectivity index (χ2v) is 7.82. The molecule has 1 atom stereocenters. The molecular weight excluding hydrogens is 418 g/mol. The van der Waals surface area contributed by atoms with Crippen molar-refractivity contribution in [3.8, 4) is 5.75 Å². The third-order valence-electron chi connectivity index (χ3n) is 5.55. The number of hydrogen-bond donors (Lipinski definition) is 2. The number of carbonyl (C=O) groups is 2. The Morgan fingerprint density at radius 3 is 2.76 bits per heavy atom. The lowest BCUT2D eigenvalue weighted by Crippen LogP contribution is -2.31. The fourth-order valence-electron chi connectivity index (χ4n) is 3.94. The first-order chi connectivity index (χ1) is 16.0. The Bertz CT molecular complexity index is 1240. The number of nitrogens with zero attached hydrogens (tertiary/aromatic N) is 3. The van der Waals surface area contributed by atoms with Gasteiger partial charge in [0.15, 0.2) is 18.5 Å². The van der Waals surface area contributed by atoms with Gasteiger partial charge in [0.05, 0.1) is 13.0 Å². The van der Waals surface area contributed by atoms with Crippen LogP contribution in [0.15, 0.2) is 55.1 Å². The summed E-state index contributed by atoms with van der Waals surface area (Å²) >= 11 is 0. The minimum absolute atomic E-state index is 0.0783. The van der Waals surface area contributed by atoms with Gasteiger partial charge in [-0.15, -0.1) is 0 Å². The molecule has 0 saturated carbocycles. The van der Waals surface area contributed by atoms with E-state index >= 15 is 0 Å². The molecule has 1 aliphatic heterocycles. The summed E-state index contributed by atoms with van der Waals surface area (Å²) in [6.07, 6.45) is 10.5. The number of carbonyl (C=O) groups excluding carboxylic acids is 2. The van der Waals surface area contributed by atoms with E-state index in [0.29, 0.717) is 30.1 Å². The molecule has 0 saturated heterocycles. The number of rotatable bonds is 7. The Labute approximate surface area is 192 Å². The quantitative estimate of drug-likeness (QED) is 0.431. The van der Waals surface area contributed by atoms with Crippen LogP contribution < -0.4 is 10.1 Å². The number of ether oxygens (including phenoxy) is 1. The molecule has 1 unspecified atom stereocenters. The standard InChI is InChI=1S/C25H25N5O3/c1-4-5-8-30-14-21(20-9-16(2)29-23(20)25(30)32)19-10-18(6-7-22(19)33-3)24(31)28-13-17-11-26-15-27-12-17/h4-7,9-12,14-15,21H,8,13H2,1-3H3,(H-,28,29,31,32)/p+1/b5-4+. The highest BCUT2D eigenvalue weighted by atomic mass is 16.5. The highest BCUT2D eigenvalue weighted by molar-refractivity contribution is 5.97. The summed E-state index contributed by atoms with van der Waals surface area (Å²) in [7, 11) is 1.60. The summed E-state index contributed by atoms with van der Waals surface area (Å²) in [6.45, 7) is 4.63. The molecule has 8 nitrogen and oxygen atoms in total. The SMILES string of the molecule is C/C=C/C[N+]1=CC(c2cc(C(=O)NCc3cncnc3)ccc2OC)c2cc(C)[nH]c2C1=O. The summed E-state index contributed by atoms with van der Waals surface area (Å²) in [5, 5.41) is 2.90. The summed E-state index contributed by atoms with van der Waals surface area (Å²) in [5.74, 6) is 0.101. The second kappa shape index (κ2) is 9.60. The Morgan fingerprint density at radius 1 is 1.24 bits per heavy atom. The predicted molar refractivity (Wildman–Crippen MR) is 124 cm³/mol. The molecule has 1 aliphatic rings. The van der Waals surface area contributed by atoms with Gasteiger partial charge in [-0.25, -0.2) is 14.8 Å². The van der Waals surface area contributed by atoms with Crippen molar-refractivity contribution in [3.63, 3.8) is 0 Å². The number of amides is 2. The molecule has 8 heteroatoms. The Morgan fingerprint density at radius 2 is 2.03 bits per heavy atom. The van der Waals surface area contributed by atoms with Gasteiger partial charge < -0.3 is 15.0 Å². The van der Waals surface area contributed by atoms with E-state index in [0.717, 1.165) is 22.4 Å². The van der Waals surface area contributed by atoms with Gasteiger partial charge in [-0.1, -0.05) is 6.08 Å². The minimum Gasteiger partial charge on any atom is -0.496 e. The van der Waals surface area contributed by atoms with Crippen molar-refractivity contribution in [3.05, 3.63) is 88.8 Å². The molecule has 0 spiro atoms. The van der Waals surface area contributed by atoms with E-state index in [1.807, 2.05) is 44.3 Å². The molecule has 0 bridgehead atoms.